The molecule has 1 saturated heterocycles. The van der Waals surface area contributed by atoms with Gasteiger partial charge in [0.1, 0.15) is 0 Å². The van der Waals surface area contributed by atoms with E-state index in [1.165, 1.54) is 0 Å². The maximum absolute atomic E-state index is 13.3. The zero-order chi connectivity index (χ0) is 12.6. The van der Waals surface area contributed by atoms with Crippen molar-refractivity contribution in [1.29, 1.82) is 0 Å². The molecule has 0 aromatic rings. The van der Waals surface area contributed by atoms with Crippen LogP contribution in [0.4, 0.5) is 8.78 Å². The molecule has 5 nitrogen and oxygen atoms in total. The first-order valence-corrected chi connectivity index (χ1v) is 8.01. The van der Waals surface area contributed by atoms with Gasteiger partial charge in [-0.15, -0.1) is 0 Å². The number of rotatable bonds is 3. The number of hydrogen-bond donors (Lipinski definition) is 0. The Bertz CT molecular complexity index is 451. The lowest BCUT2D eigenvalue weighted by Gasteiger charge is -2.28. The lowest BCUT2D eigenvalue weighted by molar-refractivity contribution is 0.166. The van der Waals surface area contributed by atoms with E-state index in [4.69, 9.17) is 0 Å². The molecule has 1 rings (SSSR count). The second-order valence-corrected chi connectivity index (χ2v) is 8.00. The van der Waals surface area contributed by atoms with Gasteiger partial charge < -0.3 is 0 Å². The molecule has 9 heteroatoms. The molecule has 96 valence electrons. The summed E-state index contributed by atoms with van der Waals surface area (Å²) in [7, 11) is -10.1. The largest absolute Gasteiger partial charge is 0.458 e. The fraction of sp³-hybridized carbons (Fsp3) is 1.00. The first-order valence-electron chi connectivity index (χ1n) is 4.68. The molecule has 16 heavy (non-hydrogen) atoms. The van der Waals surface area contributed by atoms with Crippen molar-refractivity contribution < 1.29 is 25.6 Å². The number of sulfonamides is 1. The van der Waals surface area contributed by atoms with Crippen molar-refractivity contribution in [2.45, 2.75) is 23.8 Å². The fourth-order valence-corrected chi connectivity index (χ4v) is 4.33. The highest BCUT2D eigenvalue weighted by Crippen LogP contribution is 2.32. The predicted molar refractivity (Wildman–Crippen MR) is 54.1 cm³/mol. The summed E-state index contributed by atoms with van der Waals surface area (Å²) in [6.45, 7) is -0.0963. The predicted octanol–water partition coefficient (Wildman–Crippen LogP) is 0.397. The lowest BCUT2D eigenvalue weighted by atomic mass is 10.2. The minimum atomic E-state index is -5.11. The minimum Gasteiger partial charge on any atom is -0.222 e. The summed E-state index contributed by atoms with van der Waals surface area (Å²) in [5, 5.41) is 0. The van der Waals surface area contributed by atoms with Gasteiger partial charge in [0, 0.05) is 19.3 Å². The van der Waals surface area contributed by atoms with Gasteiger partial charge in [-0.05, 0) is 12.8 Å². The molecule has 0 saturated carbocycles. The van der Waals surface area contributed by atoms with Gasteiger partial charge in [-0.25, -0.2) is 16.8 Å². The highest BCUT2D eigenvalue weighted by atomic mass is 32.3. The topological polar surface area (TPSA) is 71.5 Å². The number of piperidine rings is 1. The highest BCUT2D eigenvalue weighted by molar-refractivity contribution is 8.08. The van der Waals surface area contributed by atoms with Crippen LogP contribution in [0.2, 0.25) is 0 Å². The van der Waals surface area contributed by atoms with Gasteiger partial charge in [0.2, 0.25) is 9.84 Å². The third kappa shape index (κ3) is 2.21. The second kappa shape index (κ2) is 4.19. The van der Waals surface area contributed by atoms with E-state index in [1.807, 2.05) is 0 Å². The molecule has 1 aliphatic heterocycles. The van der Waals surface area contributed by atoms with Crippen molar-refractivity contribution in [3.8, 4) is 0 Å². The van der Waals surface area contributed by atoms with Gasteiger partial charge >= 0.3 is 4.59 Å². The van der Waals surface area contributed by atoms with Crippen LogP contribution in [-0.2, 0) is 19.9 Å². The number of halogens is 2. The summed E-state index contributed by atoms with van der Waals surface area (Å²) < 4.78 is 66.8. The molecule has 0 radical (unpaired) electrons. The van der Waals surface area contributed by atoms with E-state index in [0.29, 0.717) is 17.1 Å². The quantitative estimate of drug-likeness (QED) is 0.748. The molecule has 0 spiro atoms. The summed E-state index contributed by atoms with van der Waals surface area (Å²) in [6.07, 6.45) is 1.92. The van der Waals surface area contributed by atoms with Crippen molar-refractivity contribution in [1.82, 2.24) is 4.31 Å². The van der Waals surface area contributed by atoms with Crippen molar-refractivity contribution in [2.75, 3.05) is 19.3 Å². The first-order chi connectivity index (χ1) is 7.11. The Hall–Kier alpha value is -0.280. The Kier molecular flexibility index (Phi) is 3.61. The van der Waals surface area contributed by atoms with Gasteiger partial charge in [-0.1, -0.05) is 6.42 Å². The number of sulfone groups is 1. The monoisotopic (exact) mass is 277 g/mol. The van der Waals surface area contributed by atoms with Gasteiger partial charge in [-0.3, -0.25) is 0 Å². The second-order valence-electron chi connectivity index (χ2n) is 3.70. The van der Waals surface area contributed by atoms with E-state index in [-0.39, 0.29) is 19.3 Å². The first kappa shape index (κ1) is 13.8. The van der Waals surface area contributed by atoms with Crippen molar-refractivity contribution >= 4 is 19.9 Å². The van der Waals surface area contributed by atoms with Crippen molar-refractivity contribution in [2.24, 2.45) is 0 Å². The minimum absolute atomic E-state index is 0.0482. The van der Waals surface area contributed by atoms with Crippen molar-refractivity contribution in [3.05, 3.63) is 0 Å². The van der Waals surface area contributed by atoms with Crippen molar-refractivity contribution in [3.63, 3.8) is 0 Å². The van der Waals surface area contributed by atoms with Crippen LogP contribution >= 0.6 is 0 Å². The summed E-state index contributed by atoms with van der Waals surface area (Å²) in [6, 6.07) is 0. The molecule has 0 amide bonds. The third-order valence-corrected chi connectivity index (χ3v) is 6.44. The van der Waals surface area contributed by atoms with E-state index in [2.05, 4.69) is 0 Å². The van der Waals surface area contributed by atoms with E-state index in [1.54, 1.807) is 0 Å². The molecule has 0 aromatic carbocycles. The van der Waals surface area contributed by atoms with Gasteiger partial charge in [0.25, 0.3) is 10.0 Å². The highest BCUT2D eigenvalue weighted by Gasteiger charge is 2.57. The van der Waals surface area contributed by atoms with Crippen LogP contribution in [0.3, 0.4) is 0 Å². The normalized spacial score (nSPS) is 20.9. The average molecular weight is 277 g/mol. The Balaban J connectivity index is 3.10. The Morgan fingerprint density at radius 1 is 1.00 bits per heavy atom. The Labute approximate surface area is 93.4 Å². The molecule has 0 aliphatic carbocycles. The van der Waals surface area contributed by atoms with Crippen LogP contribution in [0.15, 0.2) is 0 Å². The number of alkyl halides is 2. The Morgan fingerprint density at radius 2 is 1.44 bits per heavy atom. The summed E-state index contributed by atoms with van der Waals surface area (Å²) in [5.74, 6) is 0. The standard InChI is InChI=1S/C7H13F2NO4S2/c1-15(11,12)7(8,9)16(13,14)10-5-3-2-4-6-10/h2-6H2,1H3. The number of hydrogen-bond acceptors (Lipinski definition) is 4. The van der Waals surface area contributed by atoms with Gasteiger partial charge in [-0.2, -0.15) is 13.1 Å². The smallest absolute Gasteiger partial charge is 0.222 e. The molecule has 0 N–H and O–H groups in total. The van der Waals surface area contributed by atoms with Crippen LogP contribution < -0.4 is 0 Å². The molecule has 1 heterocycles. The van der Waals surface area contributed by atoms with Crippen LogP contribution in [-0.4, -0.2) is 45.1 Å². The van der Waals surface area contributed by atoms with Gasteiger partial charge in [0.15, 0.2) is 0 Å². The molecule has 0 bridgehead atoms. The third-order valence-electron chi connectivity index (χ3n) is 2.39. The summed E-state index contributed by atoms with van der Waals surface area (Å²) in [4.78, 5) is 0. The van der Waals surface area contributed by atoms with Crippen LogP contribution in [0.1, 0.15) is 19.3 Å². The van der Waals surface area contributed by atoms with E-state index in [0.717, 1.165) is 6.42 Å². The Morgan fingerprint density at radius 3 is 1.81 bits per heavy atom. The fourth-order valence-electron chi connectivity index (χ4n) is 1.45. The van der Waals surface area contributed by atoms with E-state index in [9.17, 15) is 25.6 Å². The zero-order valence-corrected chi connectivity index (χ0v) is 10.3. The molecule has 1 aliphatic rings. The van der Waals surface area contributed by atoms with Gasteiger partial charge in [0.05, 0.1) is 0 Å². The lowest BCUT2D eigenvalue weighted by Crippen LogP contribution is -2.48. The van der Waals surface area contributed by atoms with E-state index < -0.39 is 24.4 Å². The molecule has 0 unspecified atom stereocenters. The molecule has 0 aromatic heterocycles. The molecule has 1 fully saturated rings. The zero-order valence-electron chi connectivity index (χ0n) is 8.69. The SMILES string of the molecule is CS(=O)(=O)C(F)(F)S(=O)(=O)N1CCCCC1. The maximum Gasteiger partial charge on any atom is 0.458 e. The summed E-state index contributed by atoms with van der Waals surface area (Å²) >= 11 is 0. The number of nitrogens with zero attached hydrogens (tertiary/aromatic N) is 1. The molecule has 0 atom stereocenters. The average Bonchev–Trinajstić information content (AvgIpc) is 2.17. The van der Waals surface area contributed by atoms with E-state index >= 15 is 0 Å². The van der Waals surface area contributed by atoms with Crippen LogP contribution in [0.5, 0.6) is 0 Å². The molecular formula is C7H13F2NO4S2. The maximum atomic E-state index is 13.3. The van der Waals surface area contributed by atoms with Crippen LogP contribution in [0.25, 0.3) is 0 Å². The molecular weight excluding hydrogens is 264 g/mol. The van der Waals surface area contributed by atoms with Crippen LogP contribution in [0, 0.1) is 0 Å². The summed E-state index contributed by atoms with van der Waals surface area (Å²) in [5.41, 5.74) is 0.